The van der Waals surface area contributed by atoms with Gasteiger partial charge in [0, 0.05) is 12.6 Å². The Morgan fingerprint density at radius 3 is 2.57 bits per heavy atom. The monoisotopic (exact) mass is 319 g/mol. The molecule has 6 nitrogen and oxygen atoms in total. The van der Waals surface area contributed by atoms with Gasteiger partial charge in [0.2, 0.25) is 5.91 Å². The summed E-state index contributed by atoms with van der Waals surface area (Å²) in [6, 6.07) is 0.260. The molecule has 0 unspecified atom stereocenters. The number of aromatic nitrogens is 1. The summed E-state index contributed by atoms with van der Waals surface area (Å²) >= 11 is 0. The minimum atomic E-state index is -0.782. The summed E-state index contributed by atoms with van der Waals surface area (Å²) in [4.78, 5) is 27.5. The van der Waals surface area contributed by atoms with Gasteiger partial charge in [-0.3, -0.25) is 9.59 Å². The summed E-state index contributed by atoms with van der Waals surface area (Å²) in [7, 11) is 0. The Morgan fingerprint density at radius 2 is 1.96 bits per heavy atom. The maximum Gasteiger partial charge on any atom is 0.260 e. The second-order valence-corrected chi connectivity index (χ2v) is 6.99. The minimum absolute atomic E-state index is 0.0259. The molecule has 126 valence electrons. The molecule has 0 bridgehead atoms. The van der Waals surface area contributed by atoms with Crippen molar-refractivity contribution in [3.63, 3.8) is 0 Å². The van der Waals surface area contributed by atoms with E-state index in [9.17, 15) is 9.59 Å². The molecule has 2 heterocycles. The van der Waals surface area contributed by atoms with Crippen LogP contribution >= 0.6 is 0 Å². The Labute approximate surface area is 136 Å². The lowest BCUT2D eigenvalue weighted by Gasteiger charge is -2.34. The van der Waals surface area contributed by atoms with E-state index in [0.717, 1.165) is 19.3 Å². The molecular weight excluding hydrogens is 294 g/mol. The Kier molecular flexibility index (Phi) is 4.17. The molecule has 1 saturated carbocycles. The smallest absolute Gasteiger partial charge is 0.260 e. The van der Waals surface area contributed by atoms with Crippen molar-refractivity contribution in [3.05, 3.63) is 17.0 Å². The van der Waals surface area contributed by atoms with Gasteiger partial charge in [0.25, 0.3) is 5.91 Å². The van der Waals surface area contributed by atoms with Gasteiger partial charge in [-0.15, -0.1) is 0 Å². The molecule has 6 heteroatoms. The minimum Gasteiger partial charge on any atom is -0.361 e. The lowest BCUT2D eigenvalue weighted by molar-refractivity contribution is -0.130. The quantitative estimate of drug-likeness (QED) is 0.928. The van der Waals surface area contributed by atoms with E-state index >= 15 is 0 Å². The summed E-state index contributed by atoms with van der Waals surface area (Å²) in [5.74, 6) is 0.336. The molecule has 0 spiro atoms. The zero-order valence-corrected chi connectivity index (χ0v) is 14.1. The predicted molar refractivity (Wildman–Crippen MR) is 85.1 cm³/mol. The van der Waals surface area contributed by atoms with Crippen LogP contribution in [0.3, 0.4) is 0 Å². The first-order valence-electron chi connectivity index (χ1n) is 8.49. The number of likely N-dealkylation sites (tertiary alicyclic amines) is 1. The van der Waals surface area contributed by atoms with Crippen LogP contribution in [0, 0.1) is 13.8 Å². The zero-order chi connectivity index (χ0) is 16.6. The van der Waals surface area contributed by atoms with Crippen LogP contribution in [-0.2, 0) is 4.79 Å². The van der Waals surface area contributed by atoms with Gasteiger partial charge in [0.1, 0.15) is 16.9 Å². The SMILES string of the molecule is Cc1noc(C)c1C(=O)N1CCC[C@@]1(C)C(=O)NC1CCCC1. The largest absolute Gasteiger partial charge is 0.361 e. The molecule has 2 aliphatic rings. The molecule has 2 fully saturated rings. The Morgan fingerprint density at radius 1 is 1.26 bits per heavy atom. The first-order valence-corrected chi connectivity index (χ1v) is 8.49. The van der Waals surface area contributed by atoms with Crippen LogP contribution in [0.1, 0.15) is 67.3 Å². The van der Waals surface area contributed by atoms with Crippen molar-refractivity contribution in [2.24, 2.45) is 0 Å². The average Bonchev–Trinajstić information content (AvgIpc) is 3.21. The van der Waals surface area contributed by atoms with Gasteiger partial charge >= 0.3 is 0 Å². The maximum atomic E-state index is 13.0. The lowest BCUT2D eigenvalue weighted by atomic mass is 9.96. The van der Waals surface area contributed by atoms with Gasteiger partial charge < -0.3 is 14.7 Å². The maximum absolute atomic E-state index is 13.0. The van der Waals surface area contributed by atoms with Crippen molar-refractivity contribution in [1.29, 1.82) is 0 Å². The normalized spacial score (nSPS) is 25.1. The van der Waals surface area contributed by atoms with Crippen LogP contribution in [0.25, 0.3) is 0 Å². The number of nitrogens with one attached hydrogen (secondary N) is 1. The van der Waals surface area contributed by atoms with Gasteiger partial charge in [0.15, 0.2) is 0 Å². The summed E-state index contributed by atoms with van der Waals surface area (Å²) in [5.41, 5.74) is 0.292. The molecule has 1 atom stereocenters. The fourth-order valence-electron chi connectivity index (χ4n) is 3.86. The molecule has 1 saturated heterocycles. The fourth-order valence-corrected chi connectivity index (χ4v) is 3.86. The molecule has 0 radical (unpaired) electrons. The highest BCUT2D eigenvalue weighted by atomic mass is 16.5. The lowest BCUT2D eigenvalue weighted by Crippen LogP contribution is -2.57. The number of hydrogen-bond donors (Lipinski definition) is 1. The van der Waals surface area contributed by atoms with Gasteiger partial charge in [-0.2, -0.15) is 0 Å². The Bertz CT molecular complexity index is 599. The highest BCUT2D eigenvalue weighted by molar-refractivity contribution is 6.00. The third-order valence-corrected chi connectivity index (χ3v) is 5.31. The summed E-state index contributed by atoms with van der Waals surface area (Å²) in [6.07, 6.45) is 5.95. The molecule has 1 N–H and O–H groups in total. The summed E-state index contributed by atoms with van der Waals surface area (Å²) in [6.45, 7) is 5.97. The summed E-state index contributed by atoms with van der Waals surface area (Å²) in [5, 5.41) is 7.01. The van der Waals surface area contributed by atoms with Crippen LogP contribution in [0.5, 0.6) is 0 Å². The molecule has 2 amide bonds. The predicted octanol–water partition coefficient (Wildman–Crippen LogP) is 2.34. The second-order valence-electron chi connectivity index (χ2n) is 6.99. The number of carbonyl (C=O) groups is 2. The van der Waals surface area contributed by atoms with Crippen molar-refractivity contribution in [2.75, 3.05) is 6.54 Å². The third kappa shape index (κ3) is 2.75. The highest BCUT2D eigenvalue weighted by Crippen LogP contribution is 2.32. The number of rotatable bonds is 3. The molecule has 3 rings (SSSR count). The molecule has 1 aliphatic carbocycles. The molecule has 1 aromatic heterocycles. The van der Waals surface area contributed by atoms with Gasteiger partial charge in [-0.25, -0.2) is 0 Å². The number of aryl methyl sites for hydroxylation is 2. The van der Waals surface area contributed by atoms with E-state index in [1.54, 1.807) is 18.7 Å². The number of carbonyl (C=O) groups excluding carboxylic acids is 2. The first-order chi connectivity index (χ1) is 10.9. The molecule has 1 aromatic rings. The third-order valence-electron chi connectivity index (χ3n) is 5.31. The Balaban J connectivity index is 1.80. The highest BCUT2D eigenvalue weighted by Gasteiger charge is 2.47. The van der Waals surface area contributed by atoms with Gasteiger partial charge in [0.05, 0.1) is 5.69 Å². The van der Waals surface area contributed by atoms with Crippen LogP contribution in [0.4, 0.5) is 0 Å². The van der Waals surface area contributed by atoms with E-state index < -0.39 is 5.54 Å². The second kappa shape index (κ2) is 5.98. The van der Waals surface area contributed by atoms with Crippen LogP contribution in [0.2, 0.25) is 0 Å². The van der Waals surface area contributed by atoms with Crippen molar-refractivity contribution >= 4 is 11.8 Å². The van der Waals surface area contributed by atoms with Crippen molar-refractivity contribution < 1.29 is 14.1 Å². The average molecular weight is 319 g/mol. The van der Waals surface area contributed by atoms with Crippen LogP contribution in [0.15, 0.2) is 4.52 Å². The molecular formula is C17H25N3O3. The van der Waals surface area contributed by atoms with Crippen molar-refractivity contribution in [1.82, 2.24) is 15.4 Å². The summed E-state index contributed by atoms with van der Waals surface area (Å²) < 4.78 is 5.11. The van der Waals surface area contributed by atoms with E-state index in [1.807, 2.05) is 6.92 Å². The standard InChI is InChI=1S/C17H25N3O3/c1-11-14(12(2)23-19-11)15(21)20-10-6-9-17(20,3)16(22)18-13-7-4-5-8-13/h13H,4-10H2,1-3H3,(H,18,22)/t17-/m0/s1. The molecule has 0 aromatic carbocycles. The van der Waals surface area contributed by atoms with Crippen molar-refractivity contribution in [3.8, 4) is 0 Å². The molecule has 1 aliphatic heterocycles. The van der Waals surface area contributed by atoms with E-state index in [4.69, 9.17) is 4.52 Å². The number of amides is 2. The fraction of sp³-hybridized carbons (Fsp3) is 0.706. The zero-order valence-electron chi connectivity index (χ0n) is 14.1. The van der Waals surface area contributed by atoms with E-state index in [1.165, 1.54) is 12.8 Å². The number of nitrogens with zero attached hydrogens (tertiary/aromatic N) is 2. The molecule has 23 heavy (non-hydrogen) atoms. The first kappa shape index (κ1) is 16.0. The van der Waals surface area contributed by atoms with Gasteiger partial charge in [-0.05, 0) is 46.5 Å². The van der Waals surface area contributed by atoms with Crippen LogP contribution < -0.4 is 5.32 Å². The topological polar surface area (TPSA) is 75.4 Å². The van der Waals surface area contributed by atoms with E-state index in [0.29, 0.717) is 30.0 Å². The number of hydrogen-bond acceptors (Lipinski definition) is 4. The van der Waals surface area contributed by atoms with Gasteiger partial charge in [-0.1, -0.05) is 18.0 Å². The Hall–Kier alpha value is -1.85. The van der Waals surface area contributed by atoms with Crippen molar-refractivity contribution in [2.45, 2.75) is 70.9 Å². The van der Waals surface area contributed by atoms with E-state index in [2.05, 4.69) is 10.5 Å². The van der Waals surface area contributed by atoms with E-state index in [-0.39, 0.29) is 17.9 Å². The van der Waals surface area contributed by atoms with Crippen LogP contribution in [-0.4, -0.2) is 40.0 Å².